The van der Waals surface area contributed by atoms with Crippen LogP contribution in [0.4, 0.5) is 4.39 Å². The maximum Gasteiger partial charge on any atom is 0.264 e. The van der Waals surface area contributed by atoms with E-state index >= 15 is 0 Å². The Balaban J connectivity index is 1.61. The summed E-state index contributed by atoms with van der Waals surface area (Å²) in [7, 11) is -3.27. The Morgan fingerprint density at radius 2 is 1.96 bits per heavy atom. The van der Waals surface area contributed by atoms with Crippen molar-refractivity contribution < 1.29 is 22.4 Å². The molecular weight excluding hydrogens is 371 g/mol. The normalized spacial score (nSPS) is 17.7. The minimum Gasteiger partial charge on any atom is -0.382 e. The number of amides is 1. The number of hydrogen-bond donors (Lipinski definition) is 1. The predicted molar refractivity (Wildman–Crippen MR) is 98.5 cm³/mol. The van der Waals surface area contributed by atoms with Gasteiger partial charge >= 0.3 is 0 Å². The Hall–Kier alpha value is -2.74. The fourth-order valence-corrected chi connectivity index (χ4v) is 3.38. The van der Waals surface area contributed by atoms with Crippen molar-refractivity contribution in [2.45, 2.75) is 30.4 Å². The Morgan fingerprint density at radius 3 is 2.59 bits per heavy atom. The lowest BCUT2D eigenvalue weighted by Gasteiger charge is -2.16. The summed E-state index contributed by atoms with van der Waals surface area (Å²) in [5.41, 5.74) is 1.86. The highest BCUT2D eigenvalue weighted by Crippen LogP contribution is 2.20. The first-order valence-electron chi connectivity index (χ1n) is 8.33. The molecule has 0 aliphatic carbocycles. The third kappa shape index (κ3) is 4.51. The topological polar surface area (TPSA) is 84.8 Å². The van der Waals surface area contributed by atoms with Crippen molar-refractivity contribution in [3.05, 3.63) is 65.5 Å². The molecule has 2 aromatic carbocycles. The van der Waals surface area contributed by atoms with Crippen molar-refractivity contribution in [1.82, 2.24) is 5.32 Å². The Kier molecular flexibility index (Phi) is 5.27. The van der Waals surface area contributed by atoms with Crippen LogP contribution in [-0.2, 0) is 19.5 Å². The van der Waals surface area contributed by atoms with Gasteiger partial charge in [-0.25, -0.2) is 12.8 Å². The standard InChI is InChI=1S/C19H19FN2O4S/c1-12(13-6-8-16(9-7-13)27(2,24)25)21-19(23)18-11-17(22-26-18)14-4-3-5-15(20)10-14/h3-10,12,18H,11H2,1-2H3,(H,21,23)/t12-,18+/m0/s1. The van der Waals surface area contributed by atoms with Gasteiger partial charge in [0, 0.05) is 18.2 Å². The van der Waals surface area contributed by atoms with Crippen LogP contribution in [0.1, 0.15) is 30.5 Å². The van der Waals surface area contributed by atoms with Crippen LogP contribution in [0.3, 0.4) is 0 Å². The molecule has 1 aliphatic rings. The summed E-state index contributed by atoms with van der Waals surface area (Å²) in [6.45, 7) is 1.79. The van der Waals surface area contributed by atoms with E-state index in [1.54, 1.807) is 31.2 Å². The second-order valence-corrected chi connectivity index (χ2v) is 8.43. The number of carbonyl (C=O) groups excluding carboxylic acids is 1. The van der Waals surface area contributed by atoms with Gasteiger partial charge in [0.15, 0.2) is 9.84 Å². The lowest BCUT2D eigenvalue weighted by Crippen LogP contribution is -2.36. The van der Waals surface area contributed by atoms with Crippen molar-refractivity contribution in [2.24, 2.45) is 5.16 Å². The van der Waals surface area contributed by atoms with Gasteiger partial charge in [-0.1, -0.05) is 29.4 Å². The Labute approximate surface area is 157 Å². The predicted octanol–water partition coefficient (Wildman–Crippen LogP) is 2.60. The van der Waals surface area contributed by atoms with Gasteiger partial charge in [-0.15, -0.1) is 0 Å². The van der Waals surface area contributed by atoms with Gasteiger partial charge in [-0.3, -0.25) is 4.79 Å². The maximum absolute atomic E-state index is 13.3. The van der Waals surface area contributed by atoms with E-state index in [-0.39, 0.29) is 29.1 Å². The molecular formula is C19H19FN2O4S. The van der Waals surface area contributed by atoms with Gasteiger partial charge < -0.3 is 10.2 Å². The van der Waals surface area contributed by atoms with Crippen molar-refractivity contribution >= 4 is 21.5 Å². The summed E-state index contributed by atoms with van der Waals surface area (Å²) in [5, 5.41) is 6.71. The summed E-state index contributed by atoms with van der Waals surface area (Å²) in [6.07, 6.45) is 0.594. The molecule has 1 amide bonds. The zero-order valence-electron chi connectivity index (χ0n) is 14.8. The van der Waals surface area contributed by atoms with Crippen molar-refractivity contribution in [3.63, 3.8) is 0 Å². The zero-order chi connectivity index (χ0) is 19.6. The highest BCUT2D eigenvalue weighted by Gasteiger charge is 2.30. The van der Waals surface area contributed by atoms with Crippen LogP contribution < -0.4 is 5.32 Å². The average molecular weight is 390 g/mol. The third-order valence-electron chi connectivity index (χ3n) is 4.29. The molecule has 0 saturated heterocycles. The van der Waals surface area contributed by atoms with Gasteiger partial charge in [0.2, 0.25) is 6.10 Å². The molecule has 3 rings (SSSR count). The minimum atomic E-state index is -3.27. The van der Waals surface area contributed by atoms with Crippen LogP contribution in [0.5, 0.6) is 0 Å². The van der Waals surface area contributed by atoms with Crippen LogP contribution in [0.2, 0.25) is 0 Å². The molecule has 0 aromatic heterocycles. The molecule has 0 fully saturated rings. The van der Waals surface area contributed by atoms with Crippen LogP contribution >= 0.6 is 0 Å². The number of rotatable bonds is 5. The number of sulfone groups is 1. The zero-order valence-corrected chi connectivity index (χ0v) is 15.7. The number of nitrogens with one attached hydrogen (secondary N) is 1. The summed E-state index contributed by atoms with van der Waals surface area (Å²) in [5.74, 6) is -0.723. The number of benzene rings is 2. The molecule has 8 heteroatoms. The third-order valence-corrected chi connectivity index (χ3v) is 5.41. The first-order valence-corrected chi connectivity index (χ1v) is 10.2. The molecule has 0 radical (unpaired) electrons. The SMILES string of the molecule is C[C@H](NC(=O)[C@H]1CC(c2cccc(F)c2)=NO1)c1ccc(S(C)(=O)=O)cc1. The number of carbonyl (C=O) groups is 1. The Bertz CT molecular complexity index is 987. The first-order chi connectivity index (χ1) is 12.7. The summed E-state index contributed by atoms with van der Waals surface area (Å²) in [6, 6.07) is 11.9. The van der Waals surface area contributed by atoms with Crippen LogP contribution in [0.25, 0.3) is 0 Å². The van der Waals surface area contributed by atoms with E-state index in [1.807, 2.05) is 0 Å². The Morgan fingerprint density at radius 1 is 1.26 bits per heavy atom. The van der Waals surface area contributed by atoms with Crippen LogP contribution in [-0.4, -0.2) is 32.4 Å². The average Bonchev–Trinajstić information content (AvgIpc) is 3.11. The van der Waals surface area contributed by atoms with Gasteiger partial charge in [0.05, 0.1) is 16.6 Å². The van der Waals surface area contributed by atoms with E-state index < -0.39 is 15.9 Å². The summed E-state index contributed by atoms with van der Waals surface area (Å²) in [4.78, 5) is 17.8. The fraction of sp³-hybridized carbons (Fsp3) is 0.263. The van der Waals surface area contributed by atoms with Gasteiger partial charge in [0.25, 0.3) is 5.91 Å². The van der Waals surface area contributed by atoms with Crippen molar-refractivity contribution in [3.8, 4) is 0 Å². The van der Waals surface area contributed by atoms with E-state index in [9.17, 15) is 17.6 Å². The molecule has 1 heterocycles. The molecule has 27 heavy (non-hydrogen) atoms. The monoisotopic (exact) mass is 390 g/mol. The molecule has 0 bridgehead atoms. The lowest BCUT2D eigenvalue weighted by atomic mass is 10.0. The molecule has 1 N–H and O–H groups in total. The van der Waals surface area contributed by atoms with E-state index in [0.717, 1.165) is 11.8 Å². The molecule has 0 saturated carbocycles. The quantitative estimate of drug-likeness (QED) is 0.850. The number of halogens is 1. The highest BCUT2D eigenvalue weighted by atomic mass is 32.2. The van der Waals surface area contributed by atoms with Crippen LogP contribution in [0, 0.1) is 5.82 Å². The van der Waals surface area contributed by atoms with Gasteiger partial charge in [-0.05, 0) is 36.8 Å². The fourth-order valence-electron chi connectivity index (χ4n) is 2.75. The second-order valence-electron chi connectivity index (χ2n) is 6.42. The number of oxime groups is 1. The second kappa shape index (κ2) is 7.48. The van der Waals surface area contributed by atoms with E-state index in [0.29, 0.717) is 11.3 Å². The lowest BCUT2D eigenvalue weighted by molar-refractivity contribution is -0.131. The molecule has 0 spiro atoms. The van der Waals surface area contributed by atoms with Gasteiger partial charge in [-0.2, -0.15) is 0 Å². The largest absolute Gasteiger partial charge is 0.382 e. The van der Waals surface area contributed by atoms with E-state index in [4.69, 9.17) is 4.84 Å². The molecule has 0 unspecified atom stereocenters. The van der Waals surface area contributed by atoms with E-state index in [2.05, 4.69) is 10.5 Å². The minimum absolute atomic E-state index is 0.219. The smallest absolute Gasteiger partial charge is 0.264 e. The maximum atomic E-state index is 13.3. The molecule has 2 atom stereocenters. The van der Waals surface area contributed by atoms with Crippen molar-refractivity contribution in [2.75, 3.05) is 6.26 Å². The summed E-state index contributed by atoms with van der Waals surface area (Å²) < 4.78 is 36.3. The van der Waals surface area contributed by atoms with E-state index in [1.165, 1.54) is 24.3 Å². The number of nitrogens with zero attached hydrogens (tertiary/aromatic N) is 1. The molecule has 1 aliphatic heterocycles. The number of hydrogen-bond acceptors (Lipinski definition) is 5. The van der Waals surface area contributed by atoms with Gasteiger partial charge in [0.1, 0.15) is 5.82 Å². The highest BCUT2D eigenvalue weighted by molar-refractivity contribution is 7.90. The first kappa shape index (κ1) is 19.0. The van der Waals surface area contributed by atoms with Crippen molar-refractivity contribution in [1.29, 1.82) is 0 Å². The summed E-state index contributed by atoms with van der Waals surface area (Å²) >= 11 is 0. The molecule has 142 valence electrons. The molecule has 6 nitrogen and oxygen atoms in total. The molecule has 2 aromatic rings. The van der Waals surface area contributed by atoms with Crippen LogP contribution in [0.15, 0.2) is 58.6 Å².